The number of likely N-dealkylation sites (tertiary alicyclic amines) is 1. The summed E-state index contributed by atoms with van der Waals surface area (Å²) in [4.78, 5) is 7.28. The van der Waals surface area contributed by atoms with Gasteiger partial charge in [0.1, 0.15) is 5.75 Å². The fourth-order valence-electron chi connectivity index (χ4n) is 4.57. The fourth-order valence-corrected chi connectivity index (χ4v) is 4.57. The summed E-state index contributed by atoms with van der Waals surface area (Å²) < 4.78 is 11.3. The van der Waals surface area contributed by atoms with Crippen LogP contribution in [0.5, 0.6) is 5.75 Å². The molecule has 2 aliphatic rings. The summed E-state index contributed by atoms with van der Waals surface area (Å²) in [6.07, 6.45) is 4.36. The van der Waals surface area contributed by atoms with Gasteiger partial charge in [0.05, 0.1) is 13.7 Å². The molecular weight excluding hydrogens is 479 g/mol. The van der Waals surface area contributed by atoms with Crippen LogP contribution in [0, 0.1) is 6.92 Å². The summed E-state index contributed by atoms with van der Waals surface area (Å²) >= 11 is 0. The Bertz CT molecular complexity index is 677. The molecule has 1 atom stereocenters. The molecule has 3 N–H and O–H groups in total. The number of benzene rings is 1. The van der Waals surface area contributed by atoms with E-state index in [1.54, 1.807) is 7.11 Å². The summed E-state index contributed by atoms with van der Waals surface area (Å²) in [5, 5.41) is 3.36. The van der Waals surface area contributed by atoms with E-state index < -0.39 is 0 Å². The van der Waals surface area contributed by atoms with Crippen LogP contribution in [0.25, 0.3) is 0 Å². The minimum Gasteiger partial charge on any atom is -0.496 e. The molecule has 7 heteroatoms. The molecule has 3 rings (SSSR count). The van der Waals surface area contributed by atoms with E-state index in [1.165, 1.54) is 30.5 Å². The third kappa shape index (κ3) is 5.98. The number of guanidine groups is 1. The van der Waals surface area contributed by atoms with Crippen molar-refractivity contribution >= 4 is 29.9 Å². The number of rotatable bonds is 7. The Hall–Kier alpha value is -1.06. The van der Waals surface area contributed by atoms with Crippen molar-refractivity contribution in [3.05, 3.63) is 29.3 Å². The van der Waals surface area contributed by atoms with E-state index in [0.29, 0.717) is 18.5 Å². The van der Waals surface area contributed by atoms with Crippen molar-refractivity contribution in [2.45, 2.75) is 51.0 Å². The molecule has 1 aromatic rings. The van der Waals surface area contributed by atoms with Crippen molar-refractivity contribution in [3.8, 4) is 5.75 Å². The van der Waals surface area contributed by atoms with Crippen LogP contribution >= 0.6 is 24.0 Å². The first-order chi connectivity index (χ1) is 13.6. The highest BCUT2D eigenvalue weighted by Gasteiger charge is 2.37. The van der Waals surface area contributed by atoms with Gasteiger partial charge >= 0.3 is 0 Å². The van der Waals surface area contributed by atoms with Gasteiger partial charge < -0.3 is 20.5 Å². The summed E-state index contributed by atoms with van der Waals surface area (Å²) in [6, 6.07) is 6.95. The second-order valence-electron chi connectivity index (χ2n) is 8.10. The lowest BCUT2D eigenvalue weighted by Crippen LogP contribution is -2.44. The van der Waals surface area contributed by atoms with Crippen LogP contribution in [0.3, 0.4) is 0 Å². The van der Waals surface area contributed by atoms with Gasteiger partial charge in [-0.25, -0.2) is 0 Å². The van der Waals surface area contributed by atoms with Gasteiger partial charge in [0.15, 0.2) is 5.96 Å². The molecule has 2 aliphatic heterocycles. The zero-order valence-corrected chi connectivity index (χ0v) is 20.4. The number of nitrogens with zero attached hydrogens (tertiary/aromatic N) is 2. The van der Waals surface area contributed by atoms with Crippen molar-refractivity contribution in [2.75, 3.05) is 46.5 Å². The number of ether oxygens (including phenoxy) is 2. The maximum Gasteiger partial charge on any atom is 0.188 e. The van der Waals surface area contributed by atoms with Crippen LogP contribution in [0.2, 0.25) is 0 Å². The Kier molecular flexibility index (Phi) is 9.49. The Morgan fingerprint density at radius 2 is 2.14 bits per heavy atom. The van der Waals surface area contributed by atoms with Crippen molar-refractivity contribution in [1.82, 2.24) is 10.2 Å². The van der Waals surface area contributed by atoms with E-state index in [1.807, 2.05) is 0 Å². The molecule has 0 bridgehead atoms. The van der Waals surface area contributed by atoms with Crippen LogP contribution in [0.4, 0.5) is 0 Å². The number of aryl methyl sites for hydroxylation is 1. The quantitative estimate of drug-likeness (QED) is 0.331. The molecule has 1 aromatic carbocycles. The summed E-state index contributed by atoms with van der Waals surface area (Å²) in [7, 11) is 1.74. The van der Waals surface area contributed by atoms with Crippen molar-refractivity contribution in [1.29, 1.82) is 0 Å². The van der Waals surface area contributed by atoms with Crippen LogP contribution < -0.4 is 15.8 Å². The lowest BCUT2D eigenvalue weighted by molar-refractivity contribution is 0.0522. The van der Waals surface area contributed by atoms with Gasteiger partial charge in [0.2, 0.25) is 0 Å². The van der Waals surface area contributed by atoms with Gasteiger partial charge in [-0.3, -0.25) is 9.89 Å². The average Bonchev–Trinajstić information content (AvgIpc) is 3.19. The van der Waals surface area contributed by atoms with Gasteiger partial charge in [-0.15, -0.1) is 24.0 Å². The Labute approximate surface area is 192 Å². The van der Waals surface area contributed by atoms with Crippen LogP contribution in [0.15, 0.2) is 23.2 Å². The second kappa shape index (κ2) is 11.4. The topological polar surface area (TPSA) is 72.1 Å². The minimum absolute atomic E-state index is 0. The summed E-state index contributed by atoms with van der Waals surface area (Å²) in [5.74, 6) is 1.47. The highest BCUT2D eigenvalue weighted by Crippen LogP contribution is 2.40. The number of methoxy groups -OCH3 is 1. The number of likely N-dealkylation sites (N-methyl/N-ethyl adjacent to an activating group) is 1. The smallest absolute Gasteiger partial charge is 0.188 e. The van der Waals surface area contributed by atoms with Gasteiger partial charge in [-0.2, -0.15) is 0 Å². The molecule has 2 heterocycles. The number of hydrogen-bond donors (Lipinski definition) is 2. The Balaban J connectivity index is 0.00000300. The molecule has 0 saturated carbocycles. The molecule has 0 spiro atoms. The number of nitrogens with two attached hydrogens (primary N) is 1. The van der Waals surface area contributed by atoms with Crippen LogP contribution in [-0.2, 0) is 10.2 Å². The largest absolute Gasteiger partial charge is 0.496 e. The molecule has 0 amide bonds. The van der Waals surface area contributed by atoms with Crippen molar-refractivity contribution in [2.24, 2.45) is 10.7 Å². The van der Waals surface area contributed by atoms with Crippen LogP contribution in [0.1, 0.15) is 43.7 Å². The first-order valence-corrected chi connectivity index (χ1v) is 10.6. The molecule has 6 nitrogen and oxygen atoms in total. The SMILES string of the molecule is CCN1CCCC1CNC(N)=NCC1(c2cc(C)ccc2OC)CCOCC1.I. The van der Waals surface area contributed by atoms with Gasteiger partial charge in [-0.1, -0.05) is 24.6 Å². The van der Waals surface area contributed by atoms with E-state index in [-0.39, 0.29) is 29.4 Å². The second-order valence-corrected chi connectivity index (χ2v) is 8.10. The molecule has 29 heavy (non-hydrogen) atoms. The minimum atomic E-state index is -0.0925. The highest BCUT2D eigenvalue weighted by molar-refractivity contribution is 14.0. The molecule has 2 fully saturated rings. The third-order valence-corrected chi connectivity index (χ3v) is 6.35. The Morgan fingerprint density at radius 1 is 1.38 bits per heavy atom. The molecule has 2 saturated heterocycles. The first-order valence-electron chi connectivity index (χ1n) is 10.6. The third-order valence-electron chi connectivity index (χ3n) is 6.35. The molecule has 0 aliphatic carbocycles. The fraction of sp³-hybridized carbons (Fsp3) is 0.682. The zero-order chi connectivity index (χ0) is 20.0. The van der Waals surface area contributed by atoms with E-state index >= 15 is 0 Å². The predicted molar refractivity (Wildman–Crippen MR) is 130 cm³/mol. The van der Waals surface area contributed by atoms with Gasteiger partial charge in [-0.05, 0) is 51.8 Å². The normalized spacial score (nSPS) is 22.2. The number of halogens is 1. The van der Waals surface area contributed by atoms with E-state index in [4.69, 9.17) is 20.2 Å². The Morgan fingerprint density at radius 3 is 2.83 bits per heavy atom. The first kappa shape index (κ1) is 24.2. The lowest BCUT2D eigenvalue weighted by Gasteiger charge is -2.37. The van der Waals surface area contributed by atoms with Gasteiger partial charge in [0, 0.05) is 36.8 Å². The average molecular weight is 516 g/mol. The van der Waals surface area contributed by atoms with Crippen molar-refractivity contribution < 1.29 is 9.47 Å². The standard InChI is InChI=1S/C22H36N4O2.HI/c1-4-26-11-5-6-18(26)15-24-21(23)25-16-22(9-12-28-13-10-22)19-14-17(2)7-8-20(19)27-3;/h7-8,14,18H,4-6,9-13,15-16H2,1-3H3,(H3,23,24,25);1H. The number of aliphatic imine (C=N–C) groups is 1. The van der Waals surface area contributed by atoms with E-state index in [0.717, 1.165) is 44.9 Å². The molecule has 164 valence electrons. The maximum atomic E-state index is 6.25. The summed E-state index contributed by atoms with van der Waals surface area (Å²) in [5.41, 5.74) is 8.62. The zero-order valence-electron chi connectivity index (χ0n) is 18.1. The van der Waals surface area contributed by atoms with Crippen molar-refractivity contribution in [3.63, 3.8) is 0 Å². The number of nitrogens with one attached hydrogen (secondary N) is 1. The van der Waals surface area contributed by atoms with Crippen LogP contribution in [-0.4, -0.2) is 63.4 Å². The van der Waals surface area contributed by atoms with E-state index in [2.05, 4.69) is 42.3 Å². The highest BCUT2D eigenvalue weighted by atomic mass is 127. The molecular formula is C22H37IN4O2. The molecule has 0 radical (unpaired) electrons. The number of hydrogen-bond acceptors (Lipinski definition) is 4. The summed E-state index contributed by atoms with van der Waals surface area (Å²) in [6.45, 7) is 9.64. The molecule has 1 unspecified atom stereocenters. The van der Waals surface area contributed by atoms with E-state index in [9.17, 15) is 0 Å². The van der Waals surface area contributed by atoms with Gasteiger partial charge in [0.25, 0.3) is 0 Å². The monoisotopic (exact) mass is 516 g/mol. The predicted octanol–water partition coefficient (Wildman–Crippen LogP) is 3.06. The maximum absolute atomic E-state index is 6.25. The lowest BCUT2D eigenvalue weighted by atomic mass is 9.73. The molecule has 0 aromatic heterocycles.